The number of aliphatic imine (C=N–C) groups is 1. The number of nitrogens with one attached hydrogen (secondary N) is 1. The van der Waals surface area contributed by atoms with Gasteiger partial charge in [0, 0.05) is 18.2 Å². The van der Waals surface area contributed by atoms with Crippen LogP contribution in [0.3, 0.4) is 0 Å². The quantitative estimate of drug-likeness (QED) is 0.680. The summed E-state index contributed by atoms with van der Waals surface area (Å²) in [5.41, 5.74) is 1.76. The number of aromatic amines is 1. The molecule has 3 aromatic rings. The highest BCUT2D eigenvalue weighted by molar-refractivity contribution is 5.88. The first-order valence-corrected chi connectivity index (χ1v) is 9.04. The van der Waals surface area contributed by atoms with Gasteiger partial charge in [-0.2, -0.15) is 13.2 Å². The molecule has 1 unspecified atom stereocenters. The molecule has 0 aliphatic heterocycles. The van der Waals surface area contributed by atoms with Crippen LogP contribution in [0.4, 0.5) is 19.0 Å². The molecule has 0 bridgehead atoms. The van der Waals surface area contributed by atoms with E-state index in [0.29, 0.717) is 0 Å². The molecule has 1 aromatic carbocycles. The molecule has 0 fully saturated rings. The fraction of sp³-hybridized carbons (Fsp3) is 0.350. The average Bonchev–Trinajstić information content (AvgIpc) is 3.11. The summed E-state index contributed by atoms with van der Waals surface area (Å²) in [6.45, 7) is 0. The summed E-state index contributed by atoms with van der Waals surface area (Å²) in [5.74, 6) is 0.267. The summed E-state index contributed by atoms with van der Waals surface area (Å²) in [5, 5.41) is 0.261. The number of benzene rings is 1. The van der Waals surface area contributed by atoms with Gasteiger partial charge in [0.1, 0.15) is 17.7 Å². The maximum atomic E-state index is 13.0. The lowest BCUT2D eigenvalue weighted by molar-refractivity contribution is -0.140. The number of likely N-dealkylation sites (N-methyl/N-ethyl adjacent to an activating group) is 1. The third-order valence-electron chi connectivity index (χ3n) is 5.27. The number of hydrogen-bond acceptors (Lipinski definition) is 4. The zero-order chi connectivity index (χ0) is 19.9. The van der Waals surface area contributed by atoms with E-state index in [0.717, 1.165) is 18.9 Å². The predicted molar refractivity (Wildman–Crippen MR) is 102 cm³/mol. The highest BCUT2D eigenvalue weighted by atomic mass is 19.4. The zero-order valence-corrected chi connectivity index (χ0v) is 15.5. The standard InChI is InChI=1S/C20H20F3N5/c1-28(2)16-8-7-12-5-3-4-6-13(12)15(16)10-24-18-14-9-17(20(21,22)23)27-19(14)26-11-25-18/h3-6,9-11,15-16H,7-8H2,1-2H3,(H,25,26,27)/t15?,16-/m0/s1. The van der Waals surface area contributed by atoms with E-state index in [9.17, 15) is 13.2 Å². The van der Waals surface area contributed by atoms with E-state index >= 15 is 0 Å². The van der Waals surface area contributed by atoms with Gasteiger partial charge in [-0.1, -0.05) is 24.3 Å². The van der Waals surface area contributed by atoms with Crippen LogP contribution in [-0.4, -0.2) is 46.2 Å². The molecule has 0 radical (unpaired) electrons. The van der Waals surface area contributed by atoms with E-state index in [1.54, 1.807) is 0 Å². The summed E-state index contributed by atoms with van der Waals surface area (Å²) in [4.78, 5) is 17.0. The summed E-state index contributed by atoms with van der Waals surface area (Å²) in [7, 11) is 4.06. The van der Waals surface area contributed by atoms with Crippen LogP contribution in [0, 0.1) is 0 Å². The number of fused-ring (bicyclic) bond motifs is 2. The van der Waals surface area contributed by atoms with Gasteiger partial charge < -0.3 is 9.88 Å². The van der Waals surface area contributed by atoms with Gasteiger partial charge in [0.15, 0.2) is 5.82 Å². The number of nitrogens with zero attached hydrogens (tertiary/aromatic N) is 4. The summed E-state index contributed by atoms with van der Waals surface area (Å²) >= 11 is 0. The minimum atomic E-state index is -4.47. The van der Waals surface area contributed by atoms with Crippen LogP contribution in [0.2, 0.25) is 0 Å². The van der Waals surface area contributed by atoms with Gasteiger partial charge in [0.05, 0.1) is 5.39 Å². The smallest absolute Gasteiger partial charge is 0.336 e. The summed E-state index contributed by atoms with van der Waals surface area (Å²) < 4.78 is 39.0. The van der Waals surface area contributed by atoms with E-state index in [-0.39, 0.29) is 28.8 Å². The molecule has 1 N–H and O–H groups in total. The van der Waals surface area contributed by atoms with E-state index in [1.165, 1.54) is 17.5 Å². The third-order valence-corrected chi connectivity index (χ3v) is 5.27. The normalized spacial score (nSPS) is 20.2. The maximum absolute atomic E-state index is 13.0. The lowest BCUT2D eigenvalue weighted by atomic mass is 9.79. The lowest BCUT2D eigenvalue weighted by Crippen LogP contribution is -2.38. The Bertz CT molecular complexity index is 1020. The number of alkyl halides is 3. The maximum Gasteiger partial charge on any atom is 0.431 e. The van der Waals surface area contributed by atoms with Gasteiger partial charge in [-0.15, -0.1) is 0 Å². The Morgan fingerprint density at radius 3 is 2.75 bits per heavy atom. The molecule has 4 rings (SSSR count). The van der Waals surface area contributed by atoms with Crippen LogP contribution in [0.1, 0.15) is 29.2 Å². The monoisotopic (exact) mass is 387 g/mol. The number of aromatic nitrogens is 3. The second kappa shape index (κ2) is 7.01. The Balaban J connectivity index is 1.74. The van der Waals surface area contributed by atoms with E-state index in [1.807, 2.05) is 32.4 Å². The highest BCUT2D eigenvalue weighted by Crippen LogP contribution is 2.35. The molecule has 0 amide bonds. The largest absolute Gasteiger partial charge is 0.431 e. The molecule has 2 atom stereocenters. The van der Waals surface area contributed by atoms with Crippen molar-refractivity contribution >= 4 is 23.1 Å². The Morgan fingerprint density at radius 1 is 1.21 bits per heavy atom. The van der Waals surface area contributed by atoms with Crippen LogP contribution in [-0.2, 0) is 12.6 Å². The minimum absolute atomic E-state index is 0.0333. The SMILES string of the molecule is CN(C)[C@H]1CCc2ccccc2C1C=Nc1ncnc2[nH]c(C(F)(F)F)cc12. The van der Waals surface area contributed by atoms with Gasteiger partial charge in [-0.3, -0.25) is 0 Å². The second-order valence-corrected chi connectivity index (χ2v) is 7.21. The summed E-state index contributed by atoms with van der Waals surface area (Å²) in [6.07, 6.45) is 0.546. The number of halogens is 3. The van der Waals surface area contributed by atoms with E-state index in [2.05, 4.69) is 37.0 Å². The number of rotatable bonds is 3. The first-order valence-electron chi connectivity index (χ1n) is 9.04. The first-order chi connectivity index (χ1) is 13.3. The van der Waals surface area contributed by atoms with Crippen molar-refractivity contribution < 1.29 is 13.2 Å². The van der Waals surface area contributed by atoms with Crippen LogP contribution in [0.25, 0.3) is 11.0 Å². The van der Waals surface area contributed by atoms with Crippen molar-refractivity contribution in [3.63, 3.8) is 0 Å². The van der Waals surface area contributed by atoms with Gasteiger partial charge in [0.25, 0.3) is 0 Å². The number of hydrogen-bond donors (Lipinski definition) is 1. The van der Waals surface area contributed by atoms with E-state index < -0.39 is 11.9 Å². The first kappa shape index (κ1) is 18.6. The summed E-state index contributed by atoms with van der Waals surface area (Å²) in [6, 6.07) is 9.51. The van der Waals surface area contributed by atoms with Crippen molar-refractivity contribution in [2.45, 2.75) is 31.0 Å². The van der Waals surface area contributed by atoms with E-state index in [4.69, 9.17) is 0 Å². The molecule has 2 heterocycles. The van der Waals surface area contributed by atoms with Crippen LogP contribution in [0.5, 0.6) is 0 Å². The van der Waals surface area contributed by atoms with Gasteiger partial charge in [0.2, 0.25) is 0 Å². The topological polar surface area (TPSA) is 57.2 Å². The fourth-order valence-corrected chi connectivity index (χ4v) is 3.87. The molecule has 8 heteroatoms. The lowest BCUT2D eigenvalue weighted by Gasteiger charge is -2.35. The van der Waals surface area contributed by atoms with Crippen LogP contribution < -0.4 is 0 Å². The Labute approximate surface area is 160 Å². The molecule has 1 aliphatic carbocycles. The van der Waals surface area contributed by atoms with Crippen molar-refractivity contribution in [3.05, 3.63) is 53.5 Å². The highest BCUT2D eigenvalue weighted by Gasteiger charge is 2.33. The molecule has 0 saturated carbocycles. The molecule has 0 spiro atoms. The fourth-order valence-electron chi connectivity index (χ4n) is 3.87. The third kappa shape index (κ3) is 3.40. The van der Waals surface area contributed by atoms with Crippen molar-refractivity contribution in [1.29, 1.82) is 0 Å². The number of aryl methyl sites for hydroxylation is 1. The molecule has 146 valence electrons. The van der Waals surface area contributed by atoms with Crippen molar-refractivity contribution in [2.75, 3.05) is 14.1 Å². The molecule has 2 aromatic heterocycles. The van der Waals surface area contributed by atoms with Crippen molar-refractivity contribution in [2.24, 2.45) is 4.99 Å². The van der Waals surface area contributed by atoms with Gasteiger partial charge in [-0.25, -0.2) is 15.0 Å². The van der Waals surface area contributed by atoms with Crippen molar-refractivity contribution in [1.82, 2.24) is 19.9 Å². The van der Waals surface area contributed by atoms with Gasteiger partial charge >= 0.3 is 6.18 Å². The Hall–Kier alpha value is -2.74. The zero-order valence-electron chi connectivity index (χ0n) is 15.5. The number of H-pyrrole nitrogens is 1. The molecule has 1 aliphatic rings. The minimum Gasteiger partial charge on any atom is -0.336 e. The predicted octanol–water partition coefficient (Wildman–Crippen LogP) is 4.34. The van der Waals surface area contributed by atoms with Crippen LogP contribution >= 0.6 is 0 Å². The molecular formula is C20H20F3N5. The van der Waals surface area contributed by atoms with Crippen molar-refractivity contribution in [3.8, 4) is 0 Å². The molecular weight excluding hydrogens is 367 g/mol. The van der Waals surface area contributed by atoms with Crippen LogP contribution in [0.15, 0.2) is 41.7 Å². The molecule has 5 nitrogen and oxygen atoms in total. The van der Waals surface area contributed by atoms with Gasteiger partial charge in [-0.05, 0) is 44.1 Å². The molecule has 0 saturated heterocycles. The molecule has 28 heavy (non-hydrogen) atoms. The Kier molecular flexibility index (Phi) is 4.66. The second-order valence-electron chi connectivity index (χ2n) is 7.21. The average molecular weight is 387 g/mol. The Morgan fingerprint density at radius 2 is 2.00 bits per heavy atom.